The van der Waals surface area contributed by atoms with Crippen molar-refractivity contribution in [2.75, 3.05) is 27.2 Å². The van der Waals surface area contributed by atoms with Crippen molar-refractivity contribution in [2.45, 2.75) is 18.9 Å². The Hall–Kier alpha value is -3.18. The molecule has 0 spiro atoms. The molecule has 0 radical (unpaired) electrons. The minimum atomic E-state index is 0.0380. The summed E-state index contributed by atoms with van der Waals surface area (Å²) in [5.41, 5.74) is 3.81. The third-order valence-electron chi connectivity index (χ3n) is 5.80. The zero-order valence-electron chi connectivity index (χ0n) is 17.6. The van der Waals surface area contributed by atoms with E-state index in [2.05, 4.69) is 11.9 Å². The molecule has 0 N–H and O–H groups in total. The highest BCUT2D eigenvalue weighted by Gasteiger charge is 2.22. The maximum absolute atomic E-state index is 12.8. The number of rotatable bonds is 5. The van der Waals surface area contributed by atoms with Gasteiger partial charge in [0, 0.05) is 36.5 Å². The van der Waals surface area contributed by atoms with E-state index in [9.17, 15) is 4.79 Å². The van der Waals surface area contributed by atoms with Gasteiger partial charge in [-0.2, -0.15) is 5.10 Å². The Morgan fingerprint density at radius 2 is 1.67 bits per heavy atom. The lowest BCUT2D eigenvalue weighted by molar-refractivity contribution is -0.127. The number of benzene rings is 2. The molecule has 1 aliphatic heterocycles. The molecule has 2 heterocycles. The van der Waals surface area contributed by atoms with Gasteiger partial charge in [-0.1, -0.05) is 48.5 Å². The number of para-hydroxylation sites is 1. The van der Waals surface area contributed by atoms with Gasteiger partial charge in [0.05, 0.1) is 11.4 Å². The fourth-order valence-corrected chi connectivity index (χ4v) is 3.88. The van der Waals surface area contributed by atoms with Crippen LogP contribution < -0.4 is 0 Å². The van der Waals surface area contributed by atoms with E-state index in [0.717, 1.165) is 48.4 Å². The van der Waals surface area contributed by atoms with Gasteiger partial charge < -0.3 is 9.80 Å². The fraction of sp³-hybridized carbons (Fsp3) is 0.280. The van der Waals surface area contributed by atoms with E-state index in [1.165, 1.54) is 0 Å². The van der Waals surface area contributed by atoms with Crippen molar-refractivity contribution in [1.82, 2.24) is 19.6 Å². The number of aromatic nitrogens is 2. The highest BCUT2D eigenvalue weighted by molar-refractivity contribution is 5.93. The van der Waals surface area contributed by atoms with E-state index < -0.39 is 0 Å². The van der Waals surface area contributed by atoms with Crippen molar-refractivity contribution in [1.29, 1.82) is 0 Å². The molecule has 0 bridgehead atoms. The van der Waals surface area contributed by atoms with Crippen LogP contribution >= 0.6 is 0 Å². The standard InChI is InChI=1S/C25H28N4O/c1-27-17-15-22(16-18-27)28(2)24(30)14-13-21-19-29(23-11-7-4-8-12-23)26-25(21)20-9-5-3-6-10-20/h3-14,19,22H,15-18H2,1-2H3/b14-13+. The fourth-order valence-electron chi connectivity index (χ4n) is 3.88. The number of likely N-dealkylation sites (tertiary alicyclic amines) is 1. The Morgan fingerprint density at radius 1 is 1.03 bits per heavy atom. The van der Waals surface area contributed by atoms with E-state index in [0.29, 0.717) is 6.04 Å². The second kappa shape index (κ2) is 9.09. The number of nitrogens with zero attached hydrogens (tertiary/aromatic N) is 4. The summed E-state index contributed by atoms with van der Waals surface area (Å²) >= 11 is 0. The van der Waals surface area contributed by atoms with E-state index in [1.807, 2.05) is 89.6 Å². The summed E-state index contributed by atoms with van der Waals surface area (Å²) in [5, 5.41) is 4.81. The molecule has 5 nitrogen and oxygen atoms in total. The summed E-state index contributed by atoms with van der Waals surface area (Å²) in [6, 6.07) is 20.4. The molecule has 3 aromatic rings. The van der Waals surface area contributed by atoms with Gasteiger partial charge in [0.25, 0.3) is 0 Å². The van der Waals surface area contributed by atoms with Crippen molar-refractivity contribution in [2.24, 2.45) is 0 Å². The Labute approximate surface area is 178 Å². The summed E-state index contributed by atoms with van der Waals surface area (Å²) in [7, 11) is 4.04. The molecule has 1 aromatic heterocycles. The Balaban J connectivity index is 1.59. The Morgan fingerprint density at radius 3 is 2.33 bits per heavy atom. The van der Waals surface area contributed by atoms with E-state index >= 15 is 0 Å². The molecule has 0 aliphatic carbocycles. The molecular formula is C25H28N4O. The second-order valence-corrected chi connectivity index (χ2v) is 7.90. The van der Waals surface area contributed by atoms with Crippen LogP contribution in [0.3, 0.4) is 0 Å². The zero-order valence-corrected chi connectivity index (χ0v) is 17.6. The van der Waals surface area contributed by atoms with Crippen LogP contribution in [0, 0.1) is 0 Å². The number of amides is 1. The van der Waals surface area contributed by atoms with Gasteiger partial charge in [-0.3, -0.25) is 4.79 Å². The molecular weight excluding hydrogens is 372 g/mol. The van der Waals surface area contributed by atoms with E-state index in [-0.39, 0.29) is 5.91 Å². The molecule has 1 fully saturated rings. The van der Waals surface area contributed by atoms with E-state index in [4.69, 9.17) is 5.10 Å². The summed E-state index contributed by atoms with van der Waals surface area (Å²) in [6.07, 6.45) is 7.60. The van der Waals surface area contributed by atoms with Gasteiger partial charge in [0.15, 0.2) is 0 Å². The van der Waals surface area contributed by atoms with Crippen molar-refractivity contribution < 1.29 is 4.79 Å². The predicted molar refractivity (Wildman–Crippen MR) is 121 cm³/mol. The van der Waals surface area contributed by atoms with Gasteiger partial charge in [0.2, 0.25) is 5.91 Å². The molecule has 1 saturated heterocycles. The van der Waals surface area contributed by atoms with Crippen LogP contribution in [0.1, 0.15) is 18.4 Å². The minimum Gasteiger partial charge on any atom is -0.339 e. The summed E-state index contributed by atoms with van der Waals surface area (Å²) in [5.74, 6) is 0.0380. The normalized spacial score (nSPS) is 15.5. The Kier molecular flexibility index (Phi) is 6.10. The lowest BCUT2D eigenvalue weighted by Gasteiger charge is -2.34. The molecule has 2 aromatic carbocycles. The van der Waals surface area contributed by atoms with Crippen LogP contribution in [0.15, 0.2) is 72.9 Å². The third kappa shape index (κ3) is 4.52. The number of carbonyl (C=O) groups is 1. The first-order valence-electron chi connectivity index (χ1n) is 10.5. The molecule has 1 amide bonds. The highest BCUT2D eigenvalue weighted by Crippen LogP contribution is 2.25. The second-order valence-electron chi connectivity index (χ2n) is 7.90. The van der Waals surface area contributed by atoms with Crippen LogP contribution in [-0.2, 0) is 4.79 Å². The molecule has 0 saturated carbocycles. The van der Waals surface area contributed by atoms with Crippen LogP contribution in [0.2, 0.25) is 0 Å². The number of piperidine rings is 1. The quantitative estimate of drug-likeness (QED) is 0.606. The Bertz CT molecular complexity index is 1000. The first kappa shape index (κ1) is 20.1. The van der Waals surface area contributed by atoms with E-state index in [1.54, 1.807) is 6.08 Å². The van der Waals surface area contributed by atoms with Crippen LogP contribution in [0.25, 0.3) is 23.0 Å². The number of hydrogen-bond donors (Lipinski definition) is 0. The average molecular weight is 401 g/mol. The molecule has 1 aliphatic rings. The number of hydrogen-bond acceptors (Lipinski definition) is 3. The van der Waals surface area contributed by atoms with Gasteiger partial charge in [0.1, 0.15) is 0 Å². The largest absolute Gasteiger partial charge is 0.339 e. The van der Waals surface area contributed by atoms with Crippen LogP contribution in [0.5, 0.6) is 0 Å². The maximum atomic E-state index is 12.8. The molecule has 154 valence electrons. The van der Waals surface area contributed by atoms with Crippen molar-refractivity contribution >= 4 is 12.0 Å². The summed E-state index contributed by atoms with van der Waals surface area (Å²) in [4.78, 5) is 17.0. The molecule has 4 rings (SSSR count). The lowest BCUT2D eigenvalue weighted by Crippen LogP contribution is -2.43. The maximum Gasteiger partial charge on any atom is 0.246 e. The molecule has 30 heavy (non-hydrogen) atoms. The third-order valence-corrected chi connectivity index (χ3v) is 5.80. The highest BCUT2D eigenvalue weighted by atomic mass is 16.2. The summed E-state index contributed by atoms with van der Waals surface area (Å²) in [6.45, 7) is 2.07. The first-order valence-corrected chi connectivity index (χ1v) is 10.5. The first-order chi connectivity index (χ1) is 14.6. The van der Waals surface area contributed by atoms with Crippen molar-refractivity contribution in [3.05, 3.63) is 78.5 Å². The van der Waals surface area contributed by atoms with Gasteiger partial charge in [-0.25, -0.2) is 4.68 Å². The SMILES string of the molecule is CN1CCC(N(C)C(=O)/C=C/c2cn(-c3ccccc3)nc2-c2ccccc2)CC1. The van der Waals surface area contributed by atoms with Crippen LogP contribution in [-0.4, -0.2) is 58.7 Å². The van der Waals surface area contributed by atoms with Gasteiger partial charge in [-0.05, 0) is 51.2 Å². The topological polar surface area (TPSA) is 41.4 Å². The van der Waals surface area contributed by atoms with Gasteiger partial charge >= 0.3 is 0 Å². The number of likely N-dealkylation sites (N-methyl/N-ethyl adjacent to an activating group) is 1. The van der Waals surface area contributed by atoms with Crippen molar-refractivity contribution in [3.63, 3.8) is 0 Å². The molecule has 0 unspecified atom stereocenters. The monoisotopic (exact) mass is 400 g/mol. The molecule has 0 atom stereocenters. The van der Waals surface area contributed by atoms with Crippen LogP contribution in [0.4, 0.5) is 0 Å². The lowest BCUT2D eigenvalue weighted by atomic mass is 10.0. The summed E-state index contributed by atoms with van der Waals surface area (Å²) < 4.78 is 1.87. The zero-order chi connectivity index (χ0) is 20.9. The average Bonchev–Trinajstić information content (AvgIpc) is 3.23. The van der Waals surface area contributed by atoms with Crippen molar-refractivity contribution in [3.8, 4) is 16.9 Å². The van der Waals surface area contributed by atoms with Gasteiger partial charge in [-0.15, -0.1) is 0 Å². The molecule has 5 heteroatoms. The minimum absolute atomic E-state index is 0.0380. The number of carbonyl (C=O) groups excluding carboxylic acids is 1. The predicted octanol–water partition coefficient (Wildman–Crippen LogP) is 4.11. The smallest absolute Gasteiger partial charge is 0.246 e.